The van der Waals surface area contributed by atoms with Crippen LogP contribution in [0.5, 0.6) is 69.0 Å². The van der Waals surface area contributed by atoms with Gasteiger partial charge in [-0.2, -0.15) is 0 Å². The van der Waals surface area contributed by atoms with E-state index in [0.717, 1.165) is 0 Å². The van der Waals surface area contributed by atoms with Crippen molar-refractivity contribution in [3.05, 3.63) is 283 Å². The zero-order valence-electron chi connectivity index (χ0n) is 87.4. The lowest BCUT2D eigenvalue weighted by atomic mass is 9.88. The van der Waals surface area contributed by atoms with Gasteiger partial charge in [-0.15, -0.1) is 0 Å². The average molecular weight is 2030 g/mol. The van der Waals surface area contributed by atoms with Crippen LogP contribution < -0.4 is 79.8 Å². The second-order valence-corrected chi connectivity index (χ2v) is 39.6. The number of ether oxygens (including phenoxy) is 12. The second-order valence-electron chi connectivity index (χ2n) is 39.6. The van der Waals surface area contributed by atoms with Crippen LogP contribution >= 0.6 is 0 Å². The summed E-state index contributed by atoms with van der Waals surface area (Å²) < 4.78 is 123. The molecule has 0 saturated heterocycles. The molecule has 0 fully saturated rings. The third-order valence-corrected chi connectivity index (χ3v) is 26.8. The number of hydrogen-bond donors (Lipinski definition) is 8. The van der Waals surface area contributed by atoms with Gasteiger partial charge in [-0.05, 0) is 329 Å². The predicted octanol–water partition coefficient (Wildman–Crippen LogP) is 20.2. The number of methoxy groups -OCH3 is 4. The third kappa shape index (κ3) is 24.9. The van der Waals surface area contributed by atoms with Crippen LogP contribution in [0.4, 0.5) is 17.6 Å². The number of aryl methyl sites for hydroxylation is 4. The van der Waals surface area contributed by atoms with Crippen molar-refractivity contribution < 1.29 is 114 Å². The molecule has 12 N–H and O–H groups in total. The summed E-state index contributed by atoms with van der Waals surface area (Å²) >= 11 is 0. The minimum absolute atomic E-state index is 0.0737. The van der Waals surface area contributed by atoms with Gasteiger partial charge in [-0.1, -0.05) is 0 Å². The number of halogens is 4. The minimum Gasteiger partial charge on any atom is -0.493 e. The molecule has 8 aromatic carbocycles. The van der Waals surface area contributed by atoms with Crippen LogP contribution in [0.2, 0.25) is 0 Å². The molecular formula is C116H132F4N8O20. The minimum atomic E-state index is -1.44. The Kier molecular flexibility index (Phi) is 34.1. The zero-order valence-corrected chi connectivity index (χ0v) is 87.4. The summed E-state index contributed by atoms with van der Waals surface area (Å²) in [6.45, 7) is 31.0. The van der Waals surface area contributed by atoms with Crippen molar-refractivity contribution in [3.8, 4) is 114 Å². The van der Waals surface area contributed by atoms with Gasteiger partial charge >= 0.3 is 0 Å². The zero-order chi connectivity index (χ0) is 108. The van der Waals surface area contributed by atoms with Gasteiger partial charge in [0.05, 0.1) is 99.8 Å². The molecule has 0 unspecified atom stereocenters. The van der Waals surface area contributed by atoms with Crippen LogP contribution in [-0.2, 0) is 44.6 Å². The molecule has 32 heteroatoms. The highest BCUT2D eigenvalue weighted by Crippen LogP contribution is 2.51. The largest absolute Gasteiger partial charge is 0.493 e. The van der Waals surface area contributed by atoms with Crippen molar-refractivity contribution in [1.82, 2.24) is 19.9 Å². The van der Waals surface area contributed by atoms with E-state index in [0.29, 0.717) is 230 Å². The molecular weight excluding hydrogens is 1900 g/mol. The summed E-state index contributed by atoms with van der Waals surface area (Å²) in [5.74, 6) is 4.34. The van der Waals surface area contributed by atoms with Crippen LogP contribution in [0, 0.1) is 51.0 Å². The van der Waals surface area contributed by atoms with Gasteiger partial charge in [-0.25, -0.2) is 37.5 Å². The molecule has 784 valence electrons. The first kappa shape index (κ1) is 111. The molecule has 8 atom stereocenters. The molecule has 148 heavy (non-hydrogen) atoms. The third-order valence-electron chi connectivity index (χ3n) is 26.8. The summed E-state index contributed by atoms with van der Waals surface area (Å²) in [6, 6.07) is 45.9. The van der Waals surface area contributed by atoms with E-state index in [1.807, 2.05) is 55.4 Å². The number of Topliss-reactive ketones (excluding diaryl/α,β-unsaturated/α-hetero) is 4. The number of rotatable bonds is 36. The smallest absolute Gasteiger partial charge is 0.163 e. The molecule has 28 nitrogen and oxygen atoms in total. The molecule has 0 bridgehead atoms. The number of hydrogen-bond acceptors (Lipinski definition) is 28. The Bertz CT molecular complexity index is 6160. The monoisotopic (exact) mass is 2030 g/mol. The number of aliphatic hydroxyl groups is 4. The molecule has 12 aromatic rings. The normalized spacial score (nSPS) is 18.1. The van der Waals surface area contributed by atoms with Crippen molar-refractivity contribution in [3.63, 3.8) is 0 Å². The summed E-state index contributed by atoms with van der Waals surface area (Å²) in [7, 11) is 6.08. The van der Waals surface area contributed by atoms with Crippen molar-refractivity contribution in [1.29, 1.82) is 0 Å². The van der Waals surface area contributed by atoms with Gasteiger partial charge in [0, 0.05) is 92.4 Å². The van der Waals surface area contributed by atoms with E-state index < -0.39 is 44.6 Å². The van der Waals surface area contributed by atoms with E-state index >= 15 is 0 Å². The van der Waals surface area contributed by atoms with Crippen molar-refractivity contribution in [2.45, 2.75) is 207 Å². The van der Waals surface area contributed by atoms with Gasteiger partial charge in [0.15, 0.2) is 92.1 Å². The number of carbonyl (C=O) groups is 4. The first-order valence-electron chi connectivity index (χ1n) is 49.1. The summed E-state index contributed by atoms with van der Waals surface area (Å²) in [6.07, 6.45) is 0.784. The Balaban J connectivity index is 0.000000165. The summed E-state index contributed by atoms with van der Waals surface area (Å²) in [5.41, 5.74) is 29.6. The molecule has 4 aromatic heterocycles. The Morgan fingerprint density at radius 3 is 0.669 bits per heavy atom. The number of carbonyl (C=O) groups excluding carboxylic acids is 4. The lowest BCUT2D eigenvalue weighted by Crippen LogP contribution is -2.35. The van der Waals surface area contributed by atoms with E-state index in [-0.39, 0.29) is 124 Å². The SMILES string of the molecule is CCOc1ccc(C(=O)CC[C@@](C)(O)c2cc3c(c(-c4ccc(F)c(C)c4)n2)OC[C@@]3(C)N)cc1OC.CCOc1ccc(C(=O)CC[C@@](C)(O)c2cc3c(c(-c4ccc(F)c(C)c4)n2)OC[C@]3(C)N)cc1OC.CCOc1ccc(C(=O)CC[C@](C)(O)c2cc3c(c(-c4ccc(F)c(C)c4)n2)OC[C@@]3(C)N)cc1OC.CCOc1ccc(C(=O)CC[C@](C)(O)c2cc3c(c(-c4ccc(F)c(C)c4)n2)OC[C@]3(C)N)cc1OC. The first-order valence-corrected chi connectivity index (χ1v) is 49.1. The van der Waals surface area contributed by atoms with Gasteiger partial charge in [0.2, 0.25) is 0 Å². The maximum absolute atomic E-state index is 13.9. The summed E-state index contributed by atoms with van der Waals surface area (Å²) in [5, 5.41) is 45.9. The Hall–Kier alpha value is -14.0. The molecule has 4 aliphatic heterocycles. The Morgan fingerprint density at radius 1 is 0.311 bits per heavy atom. The van der Waals surface area contributed by atoms with E-state index in [1.165, 1.54) is 52.7 Å². The highest BCUT2D eigenvalue weighted by atomic mass is 19.1. The lowest BCUT2D eigenvalue weighted by molar-refractivity contribution is 0.0395. The van der Waals surface area contributed by atoms with Gasteiger partial charge in [0.25, 0.3) is 0 Å². The van der Waals surface area contributed by atoms with Crippen molar-refractivity contribution in [2.24, 2.45) is 22.9 Å². The Morgan fingerprint density at radius 2 is 0.500 bits per heavy atom. The van der Waals surface area contributed by atoms with Crippen LogP contribution in [0.25, 0.3) is 45.0 Å². The van der Waals surface area contributed by atoms with E-state index in [9.17, 15) is 57.2 Å². The number of aromatic nitrogens is 4. The van der Waals surface area contributed by atoms with Crippen LogP contribution in [0.1, 0.15) is 243 Å². The van der Waals surface area contributed by atoms with E-state index in [2.05, 4.69) is 0 Å². The standard InChI is InChI=1S/4C29H33FN2O5/c4*1-6-36-23-10-8-18(14-24(23)35-5)22(33)11-12-29(4,34)25-15-20-27(37-16-28(20,3)31)26(32-25)19-7-9-21(30)17(2)13-19/h4*7-10,13-15,34H,6,11-12,16,31H2,1-5H3/t2*28-,29+;2*28-,29-/m1010/s1. The maximum Gasteiger partial charge on any atom is 0.163 e. The van der Waals surface area contributed by atoms with Crippen LogP contribution in [0.3, 0.4) is 0 Å². The first-order chi connectivity index (χ1) is 69.9. The molecule has 0 radical (unpaired) electrons. The fourth-order valence-corrected chi connectivity index (χ4v) is 17.6. The molecule has 0 saturated carbocycles. The molecule has 0 amide bonds. The van der Waals surface area contributed by atoms with Gasteiger partial charge in [-0.3, -0.25) is 19.2 Å². The molecule has 0 aliphatic carbocycles. The fraction of sp³-hybridized carbons (Fsp3) is 0.379. The topological polar surface area (TPSA) is 416 Å². The number of fused-ring (bicyclic) bond motifs is 4. The second kappa shape index (κ2) is 45.4. The Labute approximate surface area is 860 Å². The molecule has 16 rings (SSSR count). The number of nitrogens with zero attached hydrogens (tertiary/aromatic N) is 4. The number of benzene rings is 8. The number of nitrogens with two attached hydrogens (primary N) is 4. The fourth-order valence-electron chi connectivity index (χ4n) is 17.6. The van der Waals surface area contributed by atoms with Crippen molar-refractivity contribution in [2.75, 3.05) is 81.3 Å². The van der Waals surface area contributed by atoms with E-state index in [4.69, 9.17) is 99.7 Å². The van der Waals surface area contributed by atoms with E-state index in [1.54, 1.807) is 201 Å². The highest BCUT2D eigenvalue weighted by molar-refractivity contribution is 5.99. The lowest BCUT2D eigenvalue weighted by Gasteiger charge is -2.25. The van der Waals surface area contributed by atoms with Crippen LogP contribution in [0.15, 0.2) is 170 Å². The highest BCUT2D eigenvalue weighted by Gasteiger charge is 2.45. The number of ketones is 4. The predicted molar refractivity (Wildman–Crippen MR) is 555 cm³/mol. The van der Waals surface area contributed by atoms with Crippen LogP contribution in [-0.4, -0.2) is 145 Å². The number of pyridine rings is 4. The molecule has 4 aliphatic rings. The van der Waals surface area contributed by atoms with Gasteiger partial charge in [0.1, 0.15) is 94.9 Å². The molecule has 8 heterocycles. The quantitative estimate of drug-likeness (QED) is 0.0134. The maximum atomic E-state index is 13.9. The average Bonchev–Trinajstić information content (AvgIpc) is 1.45. The van der Waals surface area contributed by atoms with Gasteiger partial charge < -0.3 is 100 Å². The summed E-state index contributed by atoms with van der Waals surface area (Å²) in [4.78, 5) is 70.9. The van der Waals surface area contributed by atoms with Crippen molar-refractivity contribution >= 4 is 23.1 Å². The molecule has 0 spiro atoms.